The fraction of sp³-hybridized carbons (Fsp3) is 0.0714. The first kappa shape index (κ1) is 11.0. The van der Waals surface area contributed by atoms with E-state index in [2.05, 4.69) is 62.0 Å². The van der Waals surface area contributed by atoms with Crippen LogP contribution in [0.2, 0.25) is 0 Å². The lowest BCUT2D eigenvalue weighted by Crippen LogP contribution is -1.77. The minimum Gasteiger partial charge on any atom is -0.202 e. The summed E-state index contributed by atoms with van der Waals surface area (Å²) in [6.45, 7) is 5.62. The van der Waals surface area contributed by atoms with E-state index in [1.807, 2.05) is 6.07 Å². The maximum absolute atomic E-state index is 6.50. The Labute approximate surface area is 90.6 Å². The molecule has 1 nitrogen and oxygen atoms in total. The summed E-state index contributed by atoms with van der Waals surface area (Å²) in [6, 6.07) is 19.0. The van der Waals surface area contributed by atoms with Gasteiger partial charge < -0.3 is 0 Å². The first-order chi connectivity index (χ1) is 7.36. The van der Waals surface area contributed by atoms with E-state index in [0.717, 1.165) is 0 Å². The van der Waals surface area contributed by atoms with Gasteiger partial charge in [-0.3, -0.25) is 0 Å². The highest BCUT2D eigenvalue weighted by Gasteiger charge is 1.94. The maximum atomic E-state index is 6.50. The average molecular weight is 195 g/mol. The van der Waals surface area contributed by atoms with Crippen molar-refractivity contribution in [3.8, 4) is 17.7 Å². The largest absolute Gasteiger partial charge is 0.202 e. The van der Waals surface area contributed by atoms with Gasteiger partial charge in [-0.25, -0.2) is 5.26 Å². The quantitative estimate of drug-likeness (QED) is 0.679. The molecule has 0 bridgehead atoms. The van der Waals surface area contributed by atoms with Crippen LogP contribution < -0.4 is 0 Å². The number of nitrogens with zero attached hydrogens (tertiary/aromatic N) is 1. The topological polar surface area (TPSA) is 23.8 Å². The molecule has 0 spiro atoms. The number of hydrogen-bond acceptors (Lipinski definition) is 1. The van der Waals surface area contributed by atoms with E-state index in [-0.39, 0.29) is 0 Å². The van der Waals surface area contributed by atoms with Gasteiger partial charge in [-0.15, -0.1) is 0 Å². The van der Waals surface area contributed by atoms with E-state index in [1.54, 1.807) is 0 Å². The highest BCUT2D eigenvalue weighted by Crippen LogP contribution is 2.19. The van der Waals surface area contributed by atoms with Crippen molar-refractivity contribution in [3.63, 3.8) is 0 Å². The van der Waals surface area contributed by atoms with Crippen molar-refractivity contribution in [1.82, 2.24) is 0 Å². The van der Waals surface area contributed by atoms with Crippen molar-refractivity contribution in [1.29, 1.82) is 5.26 Å². The molecule has 0 N–H and O–H groups in total. The van der Waals surface area contributed by atoms with Gasteiger partial charge in [0.1, 0.15) is 0 Å². The highest BCUT2D eigenvalue weighted by atomic mass is 14.2. The fourth-order valence-corrected chi connectivity index (χ4v) is 1.46. The molecular weight excluding hydrogens is 182 g/mol. The molecule has 0 saturated carbocycles. The molecule has 2 aromatic carbocycles. The van der Waals surface area contributed by atoms with Crippen molar-refractivity contribution in [2.75, 3.05) is 0 Å². The lowest BCUT2D eigenvalue weighted by Gasteiger charge is -2.01. The van der Waals surface area contributed by atoms with Gasteiger partial charge >= 0.3 is 0 Å². The first-order valence-electron chi connectivity index (χ1n) is 4.74. The van der Waals surface area contributed by atoms with E-state index in [4.69, 9.17) is 5.26 Å². The fourth-order valence-electron chi connectivity index (χ4n) is 1.46. The van der Waals surface area contributed by atoms with Gasteiger partial charge in [-0.05, 0) is 18.1 Å². The zero-order valence-electron chi connectivity index (χ0n) is 8.72. The summed E-state index contributed by atoms with van der Waals surface area (Å²) in [5, 5.41) is 6.50. The average Bonchev–Trinajstić information content (AvgIpc) is 2.33. The molecule has 0 unspecified atom stereocenters. The van der Waals surface area contributed by atoms with Crippen LogP contribution in [0.5, 0.6) is 0 Å². The molecule has 1 heteroatoms. The van der Waals surface area contributed by atoms with Crippen molar-refractivity contribution in [2.45, 2.75) is 6.92 Å². The van der Waals surface area contributed by atoms with Crippen molar-refractivity contribution < 1.29 is 0 Å². The Hall–Kier alpha value is -2.07. The summed E-state index contributed by atoms with van der Waals surface area (Å²) in [5.41, 5.74) is 3.88. The SMILES string of the molecule is C#N.Cc1cccc(-c2ccccc2)c1. The maximum Gasteiger partial charge on any atom is 0.0462 e. The van der Waals surface area contributed by atoms with Crippen LogP contribution in [-0.4, -0.2) is 0 Å². The second-order valence-electron chi connectivity index (χ2n) is 3.24. The van der Waals surface area contributed by atoms with Crippen LogP contribution >= 0.6 is 0 Å². The molecular formula is C14H13N. The van der Waals surface area contributed by atoms with E-state index in [0.29, 0.717) is 0 Å². The molecule has 15 heavy (non-hydrogen) atoms. The van der Waals surface area contributed by atoms with E-state index < -0.39 is 0 Å². The van der Waals surface area contributed by atoms with Crippen LogP contribution in [0.4, 0.5) is 0 Å². The molecule has 0 aliphatic heterocycles. The Bertz CT molecular complexity index is 429. The minimum absolute atomic E-state index is 1.28. The minimum atomic E-state index is 1.28. The van der Waals surface area contributed by atoms with Gasteiger partial charge in [0.05, 0.1) is 0 Å². The molecule has 0 atom stereocenters. The third-order valence-corrected chi connectivity index (χ3v) is 2.13. The Morgan fingerprint density at radius 1 is 0.800 bits per heavy atom. The second-order valence-corrected chi connectivity index (χ2v) is 3.24. The number of aryl methyl sites for hydroxylation is 1. The van der Waals surface area contributed by atoms with Gasteiger partial charge in [0.15, 0.2) is 0 Å². The molecule has 0 saturated heterocycles. The van der Waals surface area contributed by atoms with E-state index in [1.165, 1.54) is 16.7 Å². The van der Waals surface area contributed by atoms with Gasteiger partial charge in [-0.1, -0.05) is 60.2 Å². The van der Waals surface area contributed by atoms with Gasteiger partial charge in [-0.2, -0.15) is 0 Å². The predicted octanol–water partition coefficient (Wildman–Crippen LogP) is 3.80. The Morgan fingerprint density at radius 2 is 1.40 bits per heavy atom. The molecule has 0 fully saturated rings. The third kappa shape index (κ3) is 2.96. The molecule has 0 heterocycles. The lowest BCUT2D eigenvalue weighted by molar-refractivity contribution is 1.47. The smallest absolute Gasteiger partial charge is 0.0462 e. The van der Waals surface area contributed by atoms with E-state index in [9.17, 15) is 0 Å². The van der Waals surface area contributed by atoms with Crippen LogP contribution in [0, 0.1) is 18.8 Å². The third-order valence-electron chi connectivity index (χ3n) is 2.13. The van der Waals surface area contributed by atoms with E-state index >= 15 is 0 Å². The van der Waals surface area contributed by atoms with Gasteiger partial charge in [0.25, 0.3) is 0 Å². The normalized spacial score (nSPS) is 8.73. The number of nitriles is 1. The highest BCUT2D eigenvalue weighted by molar-refractivity contribution is 5.63. The standard InChI is InChI=1S/C13H12.CHN/c1-11-6-5-9-13(10-11)12-7-3-2-4-8-12;1-2/h2-10H,1H3;1H. The molecule has 74 valence electrons. The first-order valence-corrected chi connectivity index (χ1v) is 4.74. The molecule has 0 aliphatic rings. The van der Waals surface area contributed by atoms with Crippen molar-refractivity contribution >= 4 is 0 Å². The number of hydrogen-bond donors (Lipinski definition) is 0. The van der Waals surface area contributed by atoms with Crippen LogP contribution in [0.25, 0.3) is 11.1 Å². The Balaban J connectivity index is 0.000000531. The molecule has 0 radical (unpaired) electrons. The molecule has 2 aromatic rings. The summed E-state index contributed by atoms with van der Waals surface area (Å²) >= 11 is 0. The molecule has 0 aromatic heterocycles. The molecule has 0 aliphatic carbocycles. The second kappa shape index (κ2) is 5.62. The summed E-state index contributed by atoms with van der Waals surface area (Å²) < 4.78 is 0. The van der Waals surface area contributed by atoms with Gasteiger partial charge in [0, 0.05) is 6.57 Å². The van der Waals surface area contributed by atoms with Crippen molar-refractivity contribution in [3.05, 3.63) is 60.2 Å². The molecule has 0 amide bonds. The summed E-state index contributed by atoms with van der Waals surface area (Å²) in [4.78, 5) is 0. The molecule has 2 rings (SSSR count). The van der Waals surface area contributed by atoms with Gasteiger partial charge in [0.2, 0.25) is 0 Å². The van der Waals surface area contributed by atoms with Crippen LogP contribution in [0.1, 0.15) is 5.56 Å². The monoisotopic (exact) mass is 195 g/mol. The zero-order chi connectivity index (χ0) is 11.1. The lowest BCUT2D eigenvalue weighted by atomic mass is 10.0. The number of rotatable bonds is 1. The summed E-state index contributed by atoms with van der Waals surface area (Å²) in [5.74, 6) is 0. The van der Waals surface area contributed by atoms with Crippen molar-refractivity contribution in [2.24, 2.45) is 0 Å². The summed E-state index contributed by atoms with van der Waals surface area (Å²) in [7, 11) is 0. The van der Waals surface area contributed by atoms with Crippen LogP contribution in [0.15, 0.2) is 54.6 Å². The zero-order valence-corrected chi connectivity index (χ0v) is 8.72. The Kier molecular flexibility index (Phi) is 4.12. The van der Waals surface area contributed by atoms with Crippen LogP contribution in [0.3, 0.4) is 0 Å². The number of benzene rings is 2. The van der Waals surface area contributed by atoms with Crippen LogP contribution in [-0.2, 0) is 0 Å². The predicted molar refractivity (Wildman–Crippen MR) is 63.3 cm³/mol. The summed E-state index contributed by atoms with van der Waals surface area (Å²) in [6.07, 6.45) is 0. The Morgan fingerprint density at radius 3 is 2.00 bits per heavy atom.